The fourth-order valence-corrected chi connectivity index (χ4v) is 1.93. The zero-order chi connectivity index (χ0) is 13.9. The topological polar surface area (TPSA) is 88.4 Å². The lowest BCUT2D eigenvalue weighted by Gasteiger charge is -2.19. The molecular formula is C11H16N2O4S. The second-order valence-corrected chi connectivity index (χ2v) is 5.52. The van der Waals surface area contributed by atoms with Crippen LogP contribution in [-0.4, -0.2) is 28.1 Å². The molecule has 1 aromatic rings. The van der Waals surface area contributed by atoms with Crippen molar-refractivity contribution in [2.45, 2.75) is 27.3 Å². The van der Waals surface area contributed by atoms with Gasteiger partial charge in [-0.05, 0) is 20.8 Å². The van der Waals surface area contributed by atoms with Crippen molar-refractivity contribution < 1.29 is 14.7 Å². The molecule has 0 fully saturated rings. The highest BCUT2D eigenvalue weighted by Crippen LogP contribution is 2.12. The number of carbonyl (C=O) groups is 2. The van der Waals surface area contributed by atoms with Crippen LogP contribution in [0.4, 0.5) is 0 Å². The Morgan fingerprint density at radius 1 is 1.50 bits per heavy atom. The highest BCUT2D eigenvalue weighted by atomic mass is 32.1. The van der Waals surface area contributed by atoms with E-state index in [4.69, 9.17) is 5.11 Å². The van der Waals surface area contributed by atoms with Gasteiger partial charge in [-0.3, -0.25) is 19.0 Å². The maximum Gasteiger partial charge on any atom is 0.310 e. The lowest BCUT2D eigenvalue weighted by molar-refractivity contribution is -0.146. The van der Waals surface area contributed by atoms with Crippen molar-refractivity contribution in [1.29, 1.82) is 0 Å². The van der Waals surface area contributed by atoms with E-state index < -0.39 is 11.4 Å². The minimum Gasteiger partial charge on any atom is -0.481 e. The maximum absolute atomic E-state index is 11.6. The van der Waals surface area contributed by atoms with Crippen LogP contribution in [0.25, 0.3) is 0 Å². The minimum atomic E-state index is -1.02. The van der Waals surface area contributed by atoms with Crippen LogP contribution in [0.2, 0.25) is 0 Å². The predicted molar refractivity (Wildman–Crippen MR) is 67.7 cm³/mol. The van der Waals surface area contributed by atoms with Crippen LogP contribution < -0.4 is 10.2 Å². The fraction of sp³-hybridized carbons (Fsp3) is 0.545. The van der Waals surface area contributed by atoms with Crippen LogP contribution in [-0.2, 0) is 16.1 Å². The Morgan fingerprint density at radius 3 is 2.56 bits per heavy atom. The van der Waals surface area contributed by atoms with E-state index >= 15 is 0 Å². The number of aliphatic carboxylic acids is 1. The molecule has 0 bridgehead atoms. The lowest BCUT2D eigenvalue weighted by Crippen LogP contribution is -2.40. The van der Waals surface area contributed by atoms with E-state index in [9.17, 15) is 14.4 Å². The summed E-state index contributed by atoms with van der Waals surface area (Å²) in [5.41, 5.74) is -0.303. The summed E-state index contributed by atoms with van der Waals surface area (Å²) in [5, 5.41) is 13.1. The van der Waals surface area contributed by atoms with Crippen LogP contribution in [0.5, 0.6) is 0 Å². The first-order valence-corrected chi connectivity index (χ1v) is 6.27. The van der Waals surface area contributed by atoms with Gasteiger partial charge in [-0.25, -0.2) is 0 Å². The molecule has 7 heteroatoms. The van der Waals surface area contributed by atoms with Gasteiger partial charge in [0.2, 0.25) is 5.91 Å². The predicted octanol–water partition coefficient (Wildman–Crippen LogP) is 0.445. The van der Waals surface area contributed by atoms with E-state index in [2.05, 4.69) is 5.32 Å². The number of carboxylic acid groups (broad SMARTS) is 1. The third-order valence-electron chi connectivity index (χ3n) is 2.58. The Kier molecular flexibility index (Phi) is 4.28. The first kappa shape index (κ1) is 14.4. The molecule has 0 unspecified atom stereocenters. The molecule has 1 amide bonds. The van der Waals surface area contributed by atoms with Gasteiger partial charge in [0, 0.05) is 17.6 Å². The molecule has 0 atom stereocenters. The SMILES string of the molecule is Cc1csc(=O)n1CC(=O)NCC(C)(C)C(=O)O. The molecule has 0 radical (unpaired) electrons. The van der Waals surface area contributed by atoms with Crippen LogP contribution in [0, 0.1) is 12.3 Å². The summed E-state index contributed by atoms with van der Waals surface area (Å²) in [7, 11) is 0. The fourth-order valence-electron chi connectivity index (χ4n) is 1.19. The Balaban J connectivity index is 2.59. The van der Waals surface area contributed by atoms with Crippen molar-refractivity contribution >= 4 is 23.2 Å². The smallest absolute Gasteiger partial charge is 0.310 e. The number of amides is 1. The van der Waals surface area contributed by atoms with Gasteiger partial charge in [0.1, 0.15) is 6.54 Å². The molecule has 2 N–H and O–H groups in total. The van der Waals surface area contributed by atoms with Gasteiger partial charge < -0.3 is 10.4 Å². The van der Waals surface area contributed by atoms with E-state index in [1.807, 2.05) is 0 Å². The van der Waals surface area contributed by atoms with E-state index in [1.165, 1.54) is 18.4 Å². The van der Waals surface area contributed by atoms with Crippen molar-refractivity contribution in [3.63, 3.8) is 0 Å². The molecule has 0 aromatic carbocycles. The van der Waals surface area contributed by atoms with Crippen molar-refractivity contribution in [2.75, 3.05) is 6.54 Å². The van der Waals surface area contributed by atoms with E-state index in [1.54, 1.807) is 12.3 Å². The molecule has 0 spiro atoms. The number of aromatic nitrogens is 1. The molecular weight excluding hydrogens is 256 g/mol. The van der Waals surface area contributed by atoms with E-state index in [0.29, 0.717) is 0 Å². The van der Waals surface area contributed by atoms with E-state index in [0.717, 1.165) is 17.0 Å². The molecule has 0 aliphatic rings. The average molecular weight is 272 g/mol. The summed E-state index contributed by atoms with van der Waals surface area (Å²) in [4.78, 5) is 33.7. The highest BCUT2D eigenvalue weighted by Gasteiger charge is 2.27. The summed E-state index contributed by atoms with van der Waals surface area (Å²) in [6.07, 6.45) is 0. The Hall–Kier alpha value is -1.63. The molecule has 6 nitrogen and oxygen atoms in total. The lowest BCUT2D eigenvalue weighted by atomic mass is 9.94. The van der Waals surface area contributed by atoms with Crippen LogP contribution in [0.15, 0.2) is 10.2 Å². The van der Waals surface area contributed by atoms with Gasteiger partial charge in [-0.15, -0.1) is 0 Å². The first-order valence-electron chi connectivity index (χ1n) is 5.39. The van der Waals surface area contributed by atoms with Gasteiger partial charge in [0.15, 0.2) is 0 Å². The number of carbonyl (C=O) groups excluding carboxylic acids is 1. The quantitative estimate of drug-likeness (QED) is 0.814. The minimum absolute atomic E-state index is 0.0269. The summed E-state index contributed by atoms with van der Waals surface area (Å²) in [6.45, 7) is 4.74. The second kappa shape index (κ2) is 5.34. The molecule has 0 saturated carbocycles. The molecule has 1 heterocycles. The van der Waals surface area contributed by atoms with Gasteiger partial charge in [-0.1, -0.05) is 11.3 Å². The summed E-state index contributed by atoms with van der Waals surface area (Å²) < 4.78 is 1.35. The molecule has 1 aromatic heterocycles. The number of thiazole rings is 1. The molecule has 0 saturated heterocycles. The first-order chi connectivity index (χ1) is 8.24. The average Bonchev–Trinajstić information content (AvgIpc) is 2.58. The highest BCUT2D eigenvalue weighted by molar-refractivity contribution is 7.07. The van der Waals surface area contributed by atoms with Crippen molar-refractivity contribution in [1.82, 2.24) is 9.88 Å². The Bertz CT molecular complexity index is 515. The molecule has 18 heavy (non-hydrogen) atoms. The van der Waals surface area contributed by atoms with Gasteiger partial charge >= 0.3 is 10.8 Å². The number of hydrogen-bond donors (Lipinski definition) is 2. The molecule has 0 aliphatic carbocycles. The van der Waals surface area contributed by atoms with Crippen LogP contribution in [0.3, 0.4) is 0 Å². The normalized spacial score (nSPS) is 11.3. The maximum atomic E-state index is 11.6. The number of aryl methyl sites for hydroxylation is 1. The number of hydrogen-bond acceptors (Lipinski definition) is 4. The number of rotatable bonds is 5. The molecule has 0 aliphatic heterocycles. The van der Waals surface area contributed by atoms with Crippen LogP contribution >= 0.6 is 11.3 Å². The zero-order valence-corrected chi connectivity index (χ0v) is 11.3. The monoisotopic (exact) mass is 272 g/mol. The summed E-state index contributed by atoms with van der Waals surface area (Å²) in [5.74, 6) is -1.35. The molecule has 1 rings (SSSR count). The van der Waals surface area contributed by atoms with Gasteiger partial charge in [0.05, 0.1) is 5.41 Å². The van der Waals surface area contributed by atoms with Crippen LogP contribution in [0.1, 0.15) is 19.5 Å². The summed E-state index contributed by atoms with van der Waals surface area (Å²) >= 11 is 1.03. The molecule has 100 valence electrons. The largest absolute Gasteiger partial charge is 0.481 e. The Labute approximate surface area is 108 Å². The number of carboxylic acids is 1. The second-order valence-electron chi connectivity index (χ2n) is 4.69. The van der Waals surface area contributed by atoms with E-state index in [-0.39, 0.29) is 23.9 Å². The Morgan fingerprint density at radius 2 is 2.11 bits per heavy atom. The third-order valence-corrected chi connectivity index (χ3v) is 3.47. The van der Waals surface area contributed by atoms with Crippen molar-refractivity contribution in [3.05, 3.63) is 20.7 Å². The zero-order valence-electron chi connectivity index (χ0n) is 10.5. The standard InChI is InChI=1S/C11H16N2O4S/c1-7-5-18-10(17)13(7)4-8(14)12-6-11(2,3)9(15)16/h5H,4,6H2,1-3H3,(H,12,14)(H,15,16). The van der Waals surface area contributed by atoms with Gasteiger partial charge in [-0.2, -0.15) is 0 Å². The van der Waals surface area contributed by atoms with Gasteiger partial charge in [0.25, 0.3) is 0 Å². The summed E-state index contributed by atoms with van der Waals surface area (Å²) in [6, 6.07) is 0. The third kappa shape index (κ3) is 3.43. The van der Waals surface area contributed by atoms with Crippen molar-refractivity contribution in [3.8, 4) is 0 Å². The number of nitrogens with one attached hydrogen (secondary N) is 1. The number of nitrogens with zero attached hydrogens (tertiary/aromatic N) is 1. The van der Waals surface area contributed by atoms with Crippen molar-refractivity contribution in [2.24, 2.45) is 5.41 Å².